The van der Waals surface area contributed by atoms with Crippen molar-refractivity contribution in [2.75, 3.05) is 59.6 Å². The van der Waals surface area contributed by atoms with Crippen molar-refractivity contribution in [3.8, 4) is 0 Å². The van der Waals surface area contributed by atoms with Crippen molar-refractivity contribution >= 4 is 30.7 Å². The van der Waals surface area contributed by atoms with E-state index >= 15 is 0 Å². The van der Waals surface area contributed by atoms with Gasteiger partial charge in [-0.3, -0.25) is 9.69 Å². The van der Waals surface area contributed by atoms with Gasteiger partial charge in [-0.1, -0.05) is 0 Å². The van der Waals surface area contributed by atoms with Crippen LogP contribution in [0.2, 0.25) is 0 Å². The SMILES string of the molecule is CCOCCN1CCN(C(=O)CC(CN)OC)CC1.Cl.Cl. The predicted molar refractivity (Wildman–Crippen MR) is 88.5 cm³/mol. The number of hydrogen-bond acceptors (Lipinski definition) is 5. The summed E-state index contributed by atoms with van der Waals surface area (Å²) in [7, 11) is 1.59. The van der Waals surface area contributed by atoms with Gasteiger partial charge in [0.25, 0.3) is 0 Å². The first-order valence-electron chi connectivity index (χ1n) is 7.02. The highest BCUT2D eigenvalue weighted by Crippen LogP contribution is 2.06. The minimum atomic E-state index is -0.163. The number of rotatable bonds is 8. The van der Waals surface area contributed by atoms with E-state index in [-0.39, 0.29) is 36.8 Å². The fourth-order valence-corrected chi connectivity index (χ4v) is 2.15. The topological polar surface area (TPSA) is 68.0 Å². The van der Waals surface area contributed by atoms with Crippen LogP contribution in [0.3, 0.4) is 0 Å². The molecule has 0 aromatic carbocycles. The van der Waals surface area contributed by atoms with Crippen molar-refractivity contribution in [1.82, 2.24) is 9.80 Å². The molecule has 0 radical (unpaired) electrons. The molecule has 21 heavy (non-hydrogen) atoms. The first kappa shape index (κ1) is 23.2. The van der Waals surface area contributed by atoms with Crippen LogP contribution < -0.4 is 5.73 Å². The van der Waals surface area contributed by atoms with Crippen molar-refractivity contribution < 1.29 is 14.3 Å². The van der Waals surface area contributed by atoms with Gasteiger partial charge < -0.3 is 20.1 Å². The van der Waals surface area contributed by atoms with Crippen LogP contribution in [0, 0.1) is 0 Å². The average Bonchev–Trinajstić information content (AvgIpc) is 2.45. The summed E-state index contributed by atoms with van der Waals surface area (Å²) >= 11 is 0. The van der Waals surface area contributed by atoms with Crippen molar-refractivity contribution in [1.29, 1.82) is 0 Å². The molecule has 1 rings (SSSR count). The Hall–Kier alpha value is -0.110. The Morgan fingerprint density at radius 2 is 1.86 bits per heavy atom. The fraction of sp³-hybridized carbons (Fsp3) is 0.923. The van der Waals surface area contributed by atoms with Crippen LogP contribution >= 0.6 is 24.8 Å². The second kappa shape index (κ2) is 13.5. The van der Waals surface area contributed by atoms with E-state index in [2.05, 4.69) is 4.90 Å². The van der Waals surface area contributed by atoms with Crippen molar-refractivity contribution in [3.63, 3.8) is 0 Å². The third-order valence-corrected chi connectivity index (χ3v) is 3.48. The van der Waals surface area contributed by atoms with E-state index in [0.717, 1.165) is 45.9 Å². The molecule has 0 saturated carbocycles. The Morgan fingerprint density at radius 1 is 1.24 bits per heavy atom. The molecule has 1 atom stereocenters. The minimum Gasteiger partial charge on any atom is -0.380 e. The third kappa shape index (κ3) is 8.80. The van der Waals surface area contributed by atoms with Gasteiger partial charge in [0, 0.05) is 53.0 Å². The number of nitrogens with two attached hydrogens (primary N) is 1. The number of ether oxygens (including phenoxy) is 2. The van der Waals surface area contributed by atoms with Gasteiger partial charge in [-0.15, -0.1) is 24.8 Å². The first-order valence-corrected chi connectivity index (χ1v) is 7.02. The smallest absolute Gasteiger partial charge is 0.225 e. The van der Waals surface area contributed by atoms with Crippen molar-refractivity contribution in [2.24, 2.45) is 5.73 Å². The van der Waals surface area contributed by atoms with Crippen LogP contribution in [0.5, 0.6) is 0 Å². The Morgan fingerprint density at radius 3 is 2.33 bits per heavy atom. The summed E-state index contributed by atoms with van der Waals surface area (Å²) < 4.78 is 10.5. The lowest BCUT2D eigenvalue weighted by molar-refractivity contribution is -0.135. The average molecular weight is 346 g/mol. The zero-order valence-corrected chi connectivity index (χ0v) is 14.6. The molecule has 0 aromatic heterocycles. The molecule has 1 fully saturated rings. The van der Waals surface area contributed by atoms with Crippen LogP contribution in [-0.4, -0.2) is 81.4 Å². The van der Waals surface area contributed by atoms with Gasteiger partial charge in [0.05, 0.1) is 19.1 Å². The predicted octanol–water partition coefficient (Wildman–Crippen LogP) is 0.375. The van der Waals surface area contributed by atoms with E-state index in [1.165, 1.54) is 0 Å². The summed E-state index contributed by atoms with van der Waals surface area (Å²) in [4.78, 5) is 16.3. The van der Waals surface area contributed by atoms with Crippen molar-refractivity contribution in [3.05, 3.63) is 0 Å². The van der Waals surface area contributed by atoms with Gasteiger partial charge in [0.15, 0.2) is 0 Å². The number of methoxy groups -OCH3 is 1. The van der Waals surface area contributed by atoms with E-state index in [4.69, 9.17) is 15.2 Å². The van der Waals surface area contributed by atoms with Crippen molar-refractivity contribution in [2.45, 2.75) is 19.4 Å². The number of carbonyl (C=O) groups is 1. The summed E-state index contributed by atoms with van der Waals surface area (Å²) in [6.07, 6.45) is 0.217. The van der Waals surface area contributed by atoms with E-state index in [1.54, 1.807) is 7.11 Å². The third-order valence-electron chi connectivity index (χ3n) is 3.48. The Labute approximate surface area is 140 Å². The van der Waals surface area contributed by atoms with Gasteiger partial charge in [0.1, 0.15) is 0 Å². The molecule has 8 heteroatoms. The lowest BCUT2D eigenvalue weighted by Gasteiger charge is -2.35. The number of halogens is 2. The highest BCUT2D eigenvalue weighted by Gasteiger charge is 2.22. The summed E-state index contributed by atoms with van der Waals surface area (Å²) in [6, 6.07) is 0. The molecule has 1 aliphatic heterocycles. The highest BCUT2D eigenvalue weighted by molar-refractivity contribution is 5.85. The van der Waals surface area contributed by atoms with Crippen LogP contribution in [0.15, 0.2) is 0 Å². The molecule has 0 bridgehead atoms. The largest absolute Gasteiger partial charge is 0.380 e. The van der Waals surface area contributed by atoms with Crippen LogP contribution in [0.1, 0.15) is 13.3 Å². The van der Waals surface area contributed by atoms with Gasteiger partial charge in [0.2, 0.25) is 5.91 Å². The van der Waals surface area contributed by atoms with Crippen LogP contribution in [0.4, 0.5) is 0 Å². The fourth-order valence-electron chi connectivity index (χ4n) is 2.15. The number of carbonyl (C=O) groups excluding carboxylic acids is 1. The lowest BCUT2D eigenvalue weighted by Crippen LogP contribution is -2.50. The molecule has 128 valence electrons. The Balaban J connectivity index is 0. The highest BCUT2D eigenvalue weighted by atomic mass is 35.5. The second-order valence-corrected chi connectivity index (χ2v) is 4.72. The molecule has 2 N–H and O–H groups in total. The quantitative estimate of drug-likeness (QED) is 0.644. The van der Waals surface area contributed by atoms with Crippen LogP contribution in [-0.2, 0) is 14.3 Å². The molecule has 0 aromatic rings. The maximum atomic E-state index is 12.0. The first-order chi connectivity index (χ1) is 9.21. The van der Waals surface area contributed by atoms with Gasteiger partial charge in [-0.05, 0) is 6.92 Å². The molecule has 0 spiro atoms. The molecule has 1 heterocycles. The Bertz CT molecular complexity index is 261. The van der Waals surface area contributed by atoms with E-state index in [1.807, 2.05) is 11.8 Å². The molecule has 1 saturated heterocycles. The lowest BCUT2D eigenvalue weighted by atomic mass is 10.2. The molecular weight excluding hydrogens is 317 g/mol. The Kier molecular flexibility index (Phi) is 14.9. The molecule has 0 aliphatic carbocycles. The molecular formula is C13H29Cl2N3O3. The monoisotopic (exact) mass is 345 g/mol. The van der Waals surface area contributed by atoms with Gasteiger partial charge in [-0.25, -0.2) is 0 Å². The van der Waals surface area contributed by atoms with E-state index in [9.17, 15) is 4.79 Å². The summed E-state index contributed by atoms with van der Waals surface area (Å²) in [5.74, 6) is 0.141. The maximum Gasteiger partial charge on any atom is 0.225 e. The number of hydrogen-bond donors (Lipinski definition) is 1. The summed E-state index contributed by atoms with van der Waals surface area (Å²) in [5, 5.41) is 0. The molecule has 1 amide bonds. The van der Waals surface area contributed by atoms with E-state index in [0.29, 0.717) is 13.0 Å². The summed E-state index contributed by atoms with van der Waals surface area (Å²) in [5.41, 5.74) is 5.53. The second-order valence-electron chi connectivity index (χ2n) is 4.72. The van der Waals surface area contributed by atoms with Gasteiger partial charge >= 0.3 is 0 Å². The van der Waals surface area contributed by atoms with E-state index < -0.39 is 0 Å². The number of amides is 1. The molecule has 1 unspecified atom stereocenters. The zero-order chi connectivity index (χ0) is 14.1. The summed E-state index contributed by atoms with van der Waals surface area (Å²) in [6.45, 7) is 8.26. The molecule has 6 nitrogen and oxygen atoms in total. The maximum absolute atomic E-state index is 12.0. The zero-order valence-electron chi connectivity index (χ0n) is 13.0. The minimum absolute atomic E-state index is 0. The number of piperazine rings is 1. The normalized spacial score (nSPS) is 16.8. The van der Waals surface area contributed by atoms with Gasteiger partial charge in [-0.2, -0.15) is 0 Å². The number of nitrogens with zero attached hydrogens (tertiary/aromatic N) is 2. The van der Waals surface area contributed by atoms with Crippen LogP contribution in [0.25, 0.3) is 0 Å². The molecule has 1 aliphatic rings. The standard InChI is InChI=1S/C13H27N3O3.2ClH/c1-3-19-9-8-15-4-6-16(7-5-15)13(17)10-12(11-14)18-2;;/h12H,3-11,14H2,1-2H3;2*1H.